The molecule has 1 unspecified atom stereocenters. The van der Waals surface area contributed by atoms with Crippen LogP contribution in [0.4, 0.5) is 11.4 Å². The van der Waals surface area contributed by atoms with Gasteiger partial charge in [0.05, 0.1) is 17.7 Å². The molecular weight excluding hydrogens is 276 g/mol. The van der Waals surface area contributed by atoms with Crippen molar-refractivity contribution in [3.05, 3.63) is 33.9 Å². The van der Waals surface area contributed by atoms with E-state index in [1.165, 1.54) is 19.2 Å². The number of nitrogens with one attached hydrogen (secondary N) is 1. The van der Waals surface area contributed by atoms with Crippen LogP contribution in [0.25, 0.3) is 0 Å². The third-order valence-corrected chi connectivity index (χ3v) is 3.67. The Morgan fingerprint density at radius 2 is 2.38 bits per heavy atom. The van der Waals surface area contributed by atoms with Gasteiger partial charge in [-0.15, -0.1) is 0 Å². The molecular formula is C13H18N4O4. The van der Waals surface area contributed by atoms with E-state index in [2.05, 4.69) is 5.43 Å². The number of methoxy groups -OCH3 is 1. The van der Waals surface area contributed by atoms with E-state index in [0.717, 1.165) is 19.4 Å². The molecule has 0 aromatic heterocycles. The van der Waals surface area contributed by atoms with E-state index in [9.17, 15) is 14.9 Å². The van der Waals surface area contributed by atoms with Crippen molar-refractivity contribution >= 4 is 17.3 Å². The summed E-state index contributed by atoms with van der Waals surface area (Å²) in [4.78, 5) is 24.1. The van der Waals surface area contributed by atoms with Crippen LogP contribution >= 0.6 is 0 Å². The number of rotatable bonds is 5. The number of nitrogens with two attached hydrogens (primary N) is 1. The normalized spacial score (nSPS) is 18.5. The number of hydrazine groups is 1. The van der Waals surface area contributed by atoms with E-state index in [-0.39, 0.29) is 17.7 Å². The Kier molecular flexibility index (Phi) is 4.71. The Morgan fingerprint density at radius 1 is 1.62 bits per heavy atom. The molecule has 8 heteroatoms. The lowest BCUT2D eigenvalue weighted by atomic mass is 10.1. The van der Waals surface area contributed by atoms with Crippen LogP contribution in [0.1, 0.15) is 18.4 Å². The molecule has 2 rings (SSSR count). The van der Waals surface area contributed by atoms with Gasteiger partial charge in [0, 0.05) is 18.7 Å². The van der Waals surface area contributed by atoms with Gasteiger partial charge in [-0.25, -0.2) is 0 Å². The number of non-ortho nitro benzene ring substituents is 1. The van der Waals surface area contributed by atoms with Crippen LogP contribution in [0.15, 0.2) is 18.2 Å². The van der Waals surface area contributed by atoms with Crippen molar-refractivity contribution in [2.45, 2.75) is 25.4 Å². The van der Waals surface area contributed by atoms with Gasteiger partial charge in [-0.05, 0) is 31.0 Å². The number of carbonyl (C=O) groups is 1. The summed E-state index contributed by atoms with van der Waals surface area (Å²) in [5.41, 5.74) is 3.82. The first-order chi connectivity index (χ1) is 10.1. The Morgan fingerprint density at radius 3 is 3.00 bits per heavy atom. The lowest BCUT2D eigenvalue weighted by Crippen LogP contribution is -2.36. The summed E-state index contributed by atoms with van der Waals surface area (Å²) >= 11 is 0. The smallest absolute Gasteiger partial charge is 0.323 e. The van der Waals surface area contributed by atoms with Crippen LogP contribution in [0, 0.1) is 10.1 Å². The molecule has 3 N–H and O–H groups in total. The number of benzene rings is 1. The zero-order valence-electron chi connectivity index (χ0n) is 11.7. The standard InChI is InChI=1S/C13H18N4O4/c1-21-13(18)12-3-2-6-16(12)8-9-7-10(17(19)20)4-5-11(9)15-14/h4-5,7,12,15H,2-3,6,8,14H2,1H3. The third kappa shape index (κ3) is 3.29. The third-order valence-electron chi connectivity index (χ3n) is 3.67. The monoisotopic (exact) mass is 294 g/mol. The van der Waals surface area contributed by atoms with Crippen LogP contribution in [-0.2, 0) is 16.1 Å². The number of carbonyl (C=O) groups excluding carboxylic acids is 1. The quantitative estimate of drug-likeness (QED) is 0.361. The summed E-state index contributed by atoms with van der Waals surface area (Å²) in [6.07, 6.45) is 1.62. The first-order valence-corrected chi connectivity index (χ1v) is 6.62. The average Bonchev–Trinajstić information content (AvgIpc) is 2.94. The second-order valence-corrected chi connectivity index (χ2v) is 4.89. The average molecular weight is 294 g/mol. The van der Waals surface area contributed by atoms with E-state index in [1.807, 2.05) is 4.90 Å². The summed E-state index contributed by atoms with van der Waals surface area (Å²) in [6.45, 7) is 1.15. The molecule has 0 aliphatic carbocycles. The van der Waals surface area contributed by atoms with Gasteiger partial charge in [0.25, 0.3) is 5.69 Å². The number of esters is 1. The van der Waals surface area contributed by atoms with Crippen molar-refractivity contribution in [3.63, 3.8) is 0 Å². The molecule has 114 valence electrons. The van der Waals surface area contributed by atoms with E-state index < -0.39 is 4.92 Å². The predicted octanol–water partition coefficient (Wildman–Crippen LogP) is 1.02. The fraction of sp³-hybridized carbons (Fsp3) is 0.462. The molecule has 0 spiro atoms. The number of nitrogens with zero attached hydrogens (tertiary/aromatic N) is 2. The second kappa shape index (κ2) is 6.51. The molecule has 0 bridgehead atoms. The van der Waals surface area contributed by atoms with Crippen LogP contribution < -0.4 is 11.3 Å². The molecule has 1 aromatic carbocycles. The van der Waals surface area contributed by atoms with Crippen molar-refractivity contribution in [2.75, 3.05) is 19.1 Å². The van der Waals surface area contributed by atoms with E-state index in [4.69, 9.17) is 10.6 Å². The Labute approximate surface area is 122 Å². The van der Waals surface area contributed by atoms with Gasteiger partial charge < -0.3 is 10.2 Å². The second-order valence-electron chi connectivity index (χ2n) is 4.89. The molecule has 21 heavy (non-hydrogen) atoms. The molecule has 8 nitrogen and oxygen atoms in total. The topological polar surface area (TPSA) is 111 Å². The maximum absolute atomic E-state index is 11.7. The summed E-state index contributed by atoms with van der Waals surface area (Å²) in [5, 5.41) is 10.9. The van der Waals surface area contributed by atoms with Gasteiger partial charge >= 0.3 is 5.97 Å². The first-order valence-electron chi connectivity index (χ1n) is 6.62. The number of nitro benzene ring substituents is 1. The highest BCUT2D eigenvalue weighted by molar-refractivity contribution is 5.76. The van der Waals surface area contributed by atoms with Crippen LogP contribution in [0.3, 0.4) is 0 Å². The molecule has 0 saturated carbocycles. The van der Waals surface area contributed by atoms with Gasteiger partial charge in [0.2, 0.25) is 0 Å². The highest BCUT2D eigenvalue weighted by Gasteiger charge is 2.32. The number of nitro groups is 1. The van der Waals surface area contributed by atoms with Crippen molar-refractivity contribution < 1.29 is 14.5 Å². The first kappa shape index (κ1) is 15.2. The largest absolute Gasteiger partial charge is 0.468 e. The molecule has 1 aliphatic rings. The van der Waals surface area contributed by atoms with Crippen molar-refractivity contribution in [2.24, 2.45) is 5.84 Å². The zero-order chi connectivity index (χ0) is 15.4. The highest BCUT2D eigenvalue weighted by Crippen LogP contribution is 2.27. The minimum Gasteiger partial charge on any atom is -0.468 e. The number of hydrogen-bond donors (Lipinski definition) is 2. The summed E-state index contributed by atoms with van der Waals surface area (Å²) in [6, 6.07) is 4.12. The number of ether oxygens (including phenoxy) is 1. The lowest BCUT2D eigenvalue weighted by molar-refractivity contribution is -0.384. The summed E-state index contributed by atoms with van der Waals surface area (Å²) < 4.78 is 4.79. The van der Waals surface area contributed by atoms with Gasteiger partial charge in [-0.2, -0.15) is 0 Å². The molecule has 1 aliphatic heterocycles. The predicted molar refractivity (Wildman–Crippen MR) is 76.4 cm³/mol. The Hall–Kier alpha value is -2.19. The van der Waals surface area contributed by atoms with E-state index in [1.54, 1.807) is 6.07 Å². The SMILES string of the molecule is COC(=O)C1CCCN1Cc1cc([N+](=O)[O-])ccc1NN. The molecule has 1 aromatic rings. The van der Waals surface area contributed by atoms with Crippen molar-refractivity contribution in [1.29, 1.82) is 0 Å². The van der Waals surface area contributed by atoms with Gasteiger partial charge in [0.1, 0.15) is 6.04 Å². The maximum Gasteiger partial charge on any atom is 0.323 e. The van der Waals surface area contributed by atoms with E-state index in [0.29, 0.717) is 17.8 Å². The summed E-state index contributed by atoms with van der Waals surface area (Å²) in [5.74, 6) is 5.16. The fourth-order valence-corrected chi connectivity index (χ4v) is 2.60. The minimum atomic E-state index is -0.453. The lowest BCUT2D eigenvalue weighted by Gasteiger charge is -2.23. The molecule has 0 amide bonds. The number of anilines is 1. The number of hydrogen-bond acceptors (Lipinski definition) is 7. The maximum atomic E-state index is 11.7. The summed E-state index contributed by atoms with van der Waals surface area (Å²) in [7, 11) is 1.36. The highest BCUT2D eigenvalue weighted by atomic mass is 16.6. The molecule has 1 heterocycles. The molecule has 1 fully saturated rings. The van der Waals surface area contributed by atoms with E-state index >= 15 is 0 Å². The minimum absolute atomic E-state index is 0.00202. The fourth-order valence-electron chi connectivity index (χ4n) is 2.60. The number of nitrogen functional groups attached to an aromatic ring is 1. The van der Waals surface area contributed by atoms with Crippen LogP contribution in [0.5, 0.6) is 0 Å². The molecule has 1 atom stereocenters. The molecule has 0 radical (unpaired) electrons. The Bertz CT molecular complexity index is 549. The van der Waals surface area contributed by atoms with Gasteiger partial charge in [0.15, 0.2) is 0 Å². The van der Waals surface area contributed by atoms with Gasteiger partial charge in [-0.3, -0.25) is 25.7 Å². The van der Waals surface area contributed by atoms with Crippen LogP contribution in [0.2, 0.25) is 0 Å². The number of likely N-dealkylation sites (tertiary alicyclic amines) is 1. The zero-order valence-corrected chi connectivity index (χ0v) is 11.7. The van der Waals surface area contributed by atoms with Crippen molar-refractivity contribution in [1.82, 2.24) is 4.90 Å². The van der Waals surface area contributed by atoms with Crippen molar-refractivity contribution in [3.8, 4) is 0 Å². The van der Waals surface area contributed by atoms with Gasteiger partial charge in [-0.1, -0.05) is 0 Å². The van der Waals surface area contributed by atoms with Crippen LogP contribution in [-0.4, -0.2) is 35.5 Å². The molecule has 1 saturated heterocycles. The Balaban J connectivity index is 2.23.